The summed E-state index contributed by atoms with van der Waals surface area (Å²) in [4.78, 5) is 13.5. The highest BCUT2D eigenvalue weighted by atomic mass is 16.2. The molecule has 1 atom stereocenters. The Kier molecular flexibility index (Phi) is 7.42. The number of hydrogen-bond donors (Lipinski definition) is 2. The predicted molar refractivity (Wildman–Crippen MR) is 59.1 cm³/mol. The average molecular weight is 201 g/mol. The van der Waals surface area contributed by atoms with E-state index in [1.165, 1.54) is 0 Å². The molecule has 0 aromatic carbocycles. The third-order valence-electron chi connectivity index (χ3n) is 2.28. The second-order valence-electron chi connectivity index (χ2n) is 3.53. The van der Waals surface area contributed by atoms with E-state index in [-0.39, 0.29) is 11.9 Å². The van der Waals surface area contributed by atoms with Gasteiger partial charge in [-0.25, -0.2) is 0 Å². The molecule has 4 heteroatoms. The Balaban J connectivity index is 3.78. The maximum Gasteiger partial charge on any atom is 0.234 e. The number of nitrogens with zero attached hydrogens (tertiary/aromatic N) is 1. The maximum atomic E-state index is 11.5. The lowest BCUT2D eigenvalue weighted by Gasteiger charge is -2.20. The summed E-state index contributed by atoms with van der Waals surface area (Å²) in [6, 6.07) is 0.263. The van der Waals surface area contributed by atoms with Crippen molar-refractivity contribution >= 4 is 5.91 Å². The smallest absolute Gasteiger partial charge is 0.234 e. The van der Waals surface area contributed by atoms with Gasteiger partial charge in [-0.15, -0.1) is 0 Å². The minimum absolute atomic E-state index is 0.0923. The van der Waals surface area contributed by atoms with E-state index in [2.05, 4.69) is 12.2 Å². The summed E-state index contributed by atoms with van der Waals surface area (Å²) in [6.45, 7) is 8.81. The molecule has 0 bridgehead atoms. The van der Waals surface area contributed by atoms with Crippen LogP contribution in [0.1, 0.15) is 27.2 Å². The van der Waals surface area contributed by atoms with Crippen LogP contribution in [0.2, 0.25) is 0 Å². The minimum atomic E-state index is 0.0923. The number of likely N-dealkylation sites (N-methyl/N-ethyl adjacent to an activating group) is 1. The van der Waals surface area contributed by atoms with Crippen molar-refractivity contribution in [3.63, 3.8) is 0 Å². The number of carbonyl (C=O) groups excluding carboxylic acids is 1. The molecule has 14 heavy (non-hydrogen) atoms. The van der Waals surface area contributed by atoms with E-state index in [1.54, 1.807) is 0 Å². The number of rotatable bonds is 7. The quantitative estimate of drug-likeness (QED) is 0.618. The molecule has 1 unspecified atom stereocenters. The highest BCUT2D eigenvalue weighted by Gasteiger charge is 2.09. The summed E-state index contributed by atoms with van der Waals surface area (Å²) in [5, 5.41) is 2.93. The molecule has 0 saturated carbocycles. The first-order valence-corrected chi connectivity index (χ1v) is 5.35. The largest absolute Gasteiger partial charge is 0.353 e. The molecule has 3 N–H and O–H groups in total. The molecule has 0 aromatic rings. The first-order valence-electron chi connectivity index (χ1n) is 5.35. The normalized spacial score (nSPS) is 12.9. The van der Waals surface area contributed by atoms with Crippen LogP contribution in [0.5, 0.6) is 0 Å². The Hall–Kier alpha value is -0.610. The van der Waals surface area contributed by atoms with Gasteiger partial charge in [-0.2, -0.15) is 0 Å². The number of carbonyl (C=O) groups is 1. The molecule has 0 aromatic heterocycles. The van der Waals surface area contributed by atoms with Gasteiger partial charge in [0.25, 0.3) is 0 Å². The molecule has 0 rings (SSSR count). The van der Waals surface area contributed by atoms with Gasteiger partial charge in [-0.1, -0.05) is 13.8 Å². The lowest BCUT2D eigenvalue weighted by molar-refractivity contribution is -0.122. The third kappa shape index (κ3) is 5.94. The summed E-state index contributed by atoms with van der Waals surface area (Å²) < 4.78 is 0. The molecule has 0 aliphatic heterocycles. The lowest BCUT2D eigenvalue weighted by atomic mass is 10.2. The fraction of sp³-hybridized carbons (Fsp3) is 0.900. The van der Waals surface area contributed by atoms with E-state index in [1.807, 2.05) is 18.7 Å². The summed E-state index contributed by atoms with van der Waals surface area (Å²) >= 11 is 0. The molecular weight excluding hydrogens is 178 g/mol. The fourth-order valence-electron chi connectivity index (χ4n) is 1.16. The van der Waals surface area contributed by atoms with E-state index < -0.39 is 0 Å². The van der Waals surface area contributed by atoms with Crippen LogP contribution >= 0.6 is 0 Å². The second kappa shape index (κ2) is 7.76. The molecule has 4 nitrogen and oxygen atoms in total. The van der Waals surface area contributed by atoms with Crippen molar-refractivity contribution in [3.05, 3.63) is 0 Å². The maximum absolute atomic E-state index is 11.5. The van der Waals surface area contributed by atoms with E-state index in [9.17, 15) is 4.79 Å². The van der Waals surface area contributed by atoms with Crippen LogP contribution in [0.4, 0.5) is 0 Å². The predicted octanol–water partition coefficient (Wildman–Crippen LogP) is 0.182. The van der Waals surface area contributed by atoms with Gasteiger partial charge in [0, 0.05) is 19.1 Å². The van der Waals surface area contributed by atoms with Gasteiger partial charge in [0.2, 0.25) is 5.91 Å². The number of amides is 1. The molecule has 0 aliphatic carbocycles. The van der Waals surface area contributed by atoms with Gasteiger partial charge in [0.15, 0.2) is 0 Å². The minimum Gasteiger partial charge on any atom is -0.353 e. The molecule has 0 saturated heterocycles. The highest BCUT2D eigenvalue weighted by Crippen LogP contribution is 1.90. The number of hydrogen-bond acceptors (Lipinski definition) is 3. The van der Waals surface area contributed by atoms with Crippen LogP contribution in [-0.4, -0.2) is 43.0 Å². The van der Waals surface area contributed by atoms with E-state index >= 15 is 0 Å². The average Bonchev–Trinajstić information content (AvgIpc) is 2.16. The molecular formula is C10H23N3O. The van der Waals surface area contributed by atoms with E-state index in [0.717, 1.165) is 19.5 Å². The molecule has 84 valence electrons. The molecule has 0 aliphatic rings. The van der Waals surface area contributed by atoms with Crippen molar-refractivity contribution in [2.75, 3.05) is 26.2 Å². The summed E-state index contributed by atoms with van der Waals surface area (Å²) in [6.07, 6.45) is 0.967. The van der Waals surface area contributed by atoms with E-state index in [0.29, 0.717) is 13.1 Å². The van der Waals surface area contributed by atoms with Gasteiger partial charge in [0.05, 0.1) is 6.54 Å². The van der Waals surface area contributed by atoms with Crippen LogP contribution in [0, 0.1) is 0 Å². The number of nitrogens with two attached hydrogens (primary N) is 1. The van der Waals surface area contributed by atoms with Gasteiger partial charge in [0.1, 0.15) is 0 Å². The van der Waals surface area contributed by atoms with Crippen LogP contribution in [0.3, 0.4) is 0 Å². The van der Waals surface area contributed by atoms with Crippen LogP contribution in [0.25, 0.3) is 0 Å². The Morgan fingerprint density at radius 1 is 1.50 bits per heavy atom. The van der Waals surface area contributed by atoms with Crippen molar-refractivity contribution in [1.82, 2.24) is 10.2 Å². The molecule has 0 heterocycles. The Bertz CT molecular complexity index is 161. The van der Waals surface area contributed by atoms with Crippen LogP contribution < -0.4 is 11.1 Å². The summed E-state index contributed by atoms with van der Waals surface area (Å²) in [7, 11) is 0. The van der Waals surface area contributed by atoms with Gasteiger partial charge < -0.3 is 11.1 Å². The van der Waals surface area contributed by atoms with Crippen LogP contribution in [0.15, 0.2) is 0 Å². The fourth-order valence-corrected chi connectivity index (χ4v) is 1.16. The Morgan fingerprint density at radius 2 is 2.14 bits per heavy atom. The molecule has 0 fully saturated rings. The van der Waals surface area contributed by atoms with Crippen molar-refractivity contribution in [1.29, 1.82) is 0 Å². The molecule has 0 spiro atoms. The number of nitrogens with one attached hydrogen (secondary N) is 1. The first kappa shape index (κ1) is 13.4. The Morgan fingerprint density at radius 3 is 2.57 bits per heavy atom. The topological polar surface area (TPSA) is 58.4 Å². The third-order valence-corrected chi connectivity index (χ3v) is 2.28. The van der Waals surface area contributed by atoms with Gasteiger partial charge in [-0.05, 0) is 19.9 Å². The monoisotopic (exact) mass is 201 g/mol. The first-order chi connectivity index (χ1) is 6.63. The van der Waals surface area contributed by atoms with Gasteiger partial charge in [-0.3, -0.25) is 9.69 Å². The van der Waals surface area contributed by atoms with Gasteiger partial charge >= 0.3 is 0 Å². The highest BCUT2D eigenvalue weighted by molar-refractivity contribution is 5.78. The standard InChI is InChI=1S/C10H23N3O/c1-4-9(3)12-10(14)8-13(5-2)7-6-11/h9H,4-8,11H2,1-3H3,(H,12,14). The van der Waals surface area contributed by atoms with Crippen molar-refractivity contribution < 1.29 is 4.79 Å². The second-order valence-corrected chi connectivity index (χ2v) is 3.53. The van der Waals surface area contributed by atoms with E-state index in [4.69, 9.17) is 5.73 Å². The van der Waals surface area contributed by atoms with Crippen molar-refractivity contribution in [3.8, 4) is 0 Å². The van der Waals surface area contributed by atoms with Crippen molar-refractivity contribution in [2.24, 2.45) is 5.73 Å². The SMILES string of the molecule is CCC(C)NC(=O)CN(CC)CCN. The molecule has 0 radical (unpaired) electrons. The van der Waals surface area contributed by atoms with Crippen molar-refractivity contribution in [2.45, 2.75) is 33.2 Å². The Labute approximate surface area is 86.8 Å². The summed E-state index contributed by atoms with van der Waals surface area (Å²) in [5.41, 5.74) is 5.43. The summed E-state index contributed by atoms with van der Waals surface area (Å²) in [5.74, 6) is 0.0923. The molecule has 1 amide bonds. The lowest BCUT2D eigenvalue weighted by Crippen LogP contribution is -2.42. The zero-order valence-electron chi connectivity index (χ0n) is 9.55. The zero-order valence-corrected chi connectivity index (χ0v) is 9.55. The van der Waals surface area contributed by atoms with Crippen LogP contribution in [-0.2, 0) is 4.79 Å². The zero-order chi connectivity index (χ0) is 11.0.